The maximum Gasteiger partial charge on any atom is 0.326 e. The van der Waals surface area contributed by atoms with Crippen LogP contribution in [0, 0.1) is 17.8 Å². The van der Waals surface area contributed by atoms with Crippen molar-refractivity contribution in [1.82, 2.24) is 10.6 Å². The largest absolute Gasteiger partial charge is 0.480 e. The number of nitrogens with one attached hydrogen (secondary N) is 2. The molecule has 10 heteroatoms. The number of rotatable bonds is 9. The Morgan fingerprint density at radius 3 is 1.62 bits per heavy atom. The lowest BCUT2D eigenvalue weighted by atomic mass is 9.87. The van der Waals surface area contributed by atoms with Crippen LogP contribution in [0.2, 0.25) is 0 Å². The van der Waals surface area contributed by atoms with E-state index in [0.717, 1.165) is 14.2 Å². The fourth-order valence-corrected chi connectivity index (χ4v) is 2.39. The van der Waals surface area contributed by atoms with E-state index >= 15 is 0 Å². The monoisotopic (exact) mass is 374 g/mol. The fraction of sp³-hybridized carbons (Fsp3) is 0.688. The van der Waals surface area contributed by atoms with Gasteiger partial charge in [0.05, 0.1) is 14.2 Å². The van der Waals surface area contributed by atoms with Gasteiger partial charge in [-0.15, -0.1) is 0 Å². The number of ether oxygens (including phenoxy) is 2. The lowest BCUT2D eigenvalue weighted by molar-refractivity contribution is -0.163. The van der Waals surface area contributed by atoms with Crippen molar-refractivity contribution in [2.75, 3.05) is 14.2 Å². The van der Waals surface area contributed by atoms with Gasteiger partial charge in [-0.1, -0.05) is 20.8 Å². The first-order valence-corrected chi connectivity index (χ1v) is 7.93. The standard InChI is InChI=1S/C16H26N2O8/c1-7(2)11(17-9(4)19)13(20)18-12(14(21)22)8(3)10(15(23)25-5)16(24)26-6/h7-8,10-12H,1-6H3,(H,17,19)(H,18,20)(H,21,22)/t8-,11+,12-/m0/s1. The number of carbonyl (C=O) groups is 5. The molecule has 0 bridgehead atoms. The summed E-state index contributed by atoms with van der Waals surface area (Å²) in [6.45, 7) is 5.88. The van der Waals surface area contributed by atoms with Crippen molar-refractivity contribution in [3.8, 4) is 0 Å². The fourth-order valence-electron chi connectivity index (χ4n) is 2.39. The van der Waals surface area contributed by atoms with E-state index in [1.165, 1.54) is 13.8 Å². The highest BCUT2D eigenvalue weighted by Gasteiger charge is 2.42. The van der Waals surface area contributed by atoms with Gasteiger partial charge in [-0.3, -0.25) is 19.2 Å². The number of carboxylic acid groups (broad SMARTS) is 1. The molecule has 0 spiro atoms. The molecule has 0 rings (SSSR count). The van der Waals surface area contributed by atoms with Crippen molar-refractivity contribution < 1.29 is 38.6 Å². The molecule has 0 aliphatic carbocycles. The Morgan fingerprint density at radius 1 is 0.846 bits per heavy atom. The van der Waals surface area contributed by atoms with Crippen molar-refractivity contribution in [3.05, 3.63) is 0 Å². The second kappa shape index (κ2) is 10.4. The average molecular weight is 374 g/mol. The van der Waals surface area contributed by atoms with Crippen LogP contribution in [0.3, 0.4) is 0 Å². The smallest absolute Gasteiger partial charge is 0.326 e. The number of esters is 2. The van der Waals surface area contributed by atoms with E-state index in [1.54, 1.807) is 13.8 Å². The average Bonchev–Trinajstić information content (AvgIpc) is 2.55. The molecule has 0 fully saturated rings. The highest BCUT2D eigenvalue weighted by molar-refractivity contribution is 5.97. The molecule has 3 N–H and O–H groups in total. The highest BCUT2D eigenvalue weighted by atomic mass is 16.5. The number of carbonyl (C=O) groups excluding carboxylic acids is 4. The van der Waals surface area contributed by atoms with Crippen LogP contribution in [0.4, 0.5) is 0 Å². The van der Waals surface area contributed by atoms with Gasteiger partial charge in [-0.25, -0.2) is 4.79 Å². The predicted molar refractivity (Wildman–Crippen MR) is 88.7 cm³/mol. The van der Waals surface area contributed by atoms with Crippen LogP contribution in [0.15, 0.2) is 0 Å². The second-order valence-corrected chi connectivity index (χ2v) is 6.13. The van der Waals surface area contributed by atoms with Crippen LogP contribution < -0.4 is 10.6 Å². The van der Waals surface area contributed by atoms with Crippen LogP contribution in [-0.4, -0.2) is 61.1 Å². The van der Waals surface area contributed by atoms with Crippen LogP contribution in [0.25, 0.3) is 0 Å². The maximum atomic E-state index is 12.4. The van der Waals surface area contributed by atoms with Crippen molar-refractivity contribution in [2.24, 2.45) is 17.8 Å². The molecule has 0 aromatic heterocycles. The van der Waals surface area contributed by atoms with E-state index in [1.807, 2.05) is 0 Å². The van der Waals surface area contributed by atoms with Crippen LogP contribution in [-0.2, 0) is 33.4 Å². The van der Waals surface area contributed by atoms with Crippen molar-refractivity contribution >= 4 is 29.7 Å². The zero-order chi connectivity index (χ0) is 20.6. The van der Waals surface area contributed by atoms with E-state index in [4.69, 9.17) is 0 Å². The zero-order valence-corrected chi connectivity index (χ0v) is 15.7. The summed E-state index contributed by atoms with van der Waals surface area (Å²) in [4.78, 5) is 59.0. The molecule has 0 aliphatic heterocycles. The molecule has 0 saturated carbocycles. The Bertz CT molecular complexity index is 544. The van der Waals surface area contributed by atoms with Crippen molar-refractivity contribution in [2.45, 2.75) is 39.8 Å². The molecule has 0 aromatic rings. The lowest BCUT2D eigenvalue weighted by Gasteiger charge is -2.28. The third-order valence-corrected chi connectivity index (χ3v) is 3.83. The normalized spacial score (nSPS) is 14.2. The number of aliphatic carboxylic acids is 1. The number of hydrogen-bond acceptors (Lipinski definition) is 7. The second-order valence-electron chi connectivity index (χ2n) is 6.13. The summed E-state index contributed by atoms with van der Waals surface area (Å²) in [5.41, 5.74) is 0. The number of methoxy groups -OCH3 is 2. The van der Waals surface area contributed by atoms with Gasteiger partial charge >= 0.3 is 17.9 Å². The summed E-state index contributed by atoms with van der Waals surface area (Å²) in [5, 5.41) is 14.2. The summed E-state index contributed by atoms with van der Waals surface area (Å²) in [5.74, 6) is -7.64. The van der Waals surface area contributed by atoms with E-state index in [-0.39, 0.29) is 5.92 Å². The molecule has 3 atom stereocenters. The van der Waals surface area contributed by atoms with Crippen LogP contribution in [0.5, 0.6) is 0 Å². The Balaban J connectivity index is 5.59. The molecule has 0 aromatic carbocycles. The Labute approximate surface area is 151 Å². The summed E-state index contributed by atoms with van der Waals surface area (Å²) >= 11 is 0. The van der Waals surface area contributed by atoms with Gasteiger partial charge in [0, 0.05) is 12.8 Å². The quantitative estimate of drug-likeness (QED) is 0.355. The van der Waals surface area contributed by atoms with E-state index in [0.29, 0.717) is 0 Å². The van der Waals surface area contributed by atoms with E-state index in [2.05, 4.69) is 20.1 Å². The van der Waals surface area contributed by atoms with Crippen LogP contribution >= 0.6 is 0 Å². The Kier molecular flexibility index (Phi) is 9.31. The van der Waals surface area contributed by atoms with Gasteiger partial charge in [0.25, 0.3) is 0 Å². The van der Waals surface area contributed by atoms with Gasteiger partial charge in [0.1, 0.15) is 12.1 Å². The number of hydrogen-bond donors (Lipinski definition) is 3. The zero-order valence-electron chi connectivity index (χ0n) is 15.7. The van der Waals surface area contributed by atoms with E-state index in [9.17, 15) is 29.1 Å². The van der Waals surface area contributed by atoms with Gasteiger partial charge in [0.15, 0.2) is 5.92 Å². The molecule has 0 heterocycles. The Hall–Kier alpha value is -2.65. The van der Waals surface area contributed by atoms with Crippen molar-refractivity contribution in [3.63, 3.8) is 0 Å². The summed E-state index contributed by atoms with van der Waals surface area (Å²) in [6, 6.07) is -2.56. The van der Waals surface area contributed by atoms with Crippen LogP contribution in [0.1, 0.15) is 27.7 Å². The molecule has 26 heavy (non-hydrogen) atoms. The Morgan fingerprint density at radius 2 is 1.31 bits per heavy atom. The number of carboxylic acids is 1. The van der Waals surface area contributed by atoms with Gasteiger partial charge in [-0.05, 0) is 5.92 Å². The lowest BCUT2D eigenvalue weighted by Crippen LogP contribution is -2.56. The minimum absolute atomic E-state index is 0.319. The van der Waals surface area contributed by atoms with Gasteiger partial charge < -0.3 is 25.2 Å². The molecule has 10 nitrogen and oxygen atoms in total. The van der Waals surface area contributed by atoms with Gasteiger partial charge in [0.2, 0.25) is 11.8 Å². The predicted octanol–water partition coefficient (Wildman–Crippen LogP) is -0.685. The molecular formula is C16H26N2O8. The minimum atomic E-state index is -1.58. The summed E-state index contributed by atoms with van der Waals surface area (Å²) < 4.78 is 9.05. The van der Waals surface area contributed by atoms with Crippen molar-refractivity contribution in [1.29, 1.82) is 0 Å². The SMILES string of the molecule is COC(=O)C(C(=O)OC)[C@H](C)[C@H](NC(=O)[C@H](NC(C)=O)C(C)C)C(=O)O. The summed E-state index contributed by atoms with van der Waals surface area (Å²) in [7, 11) is 2.09. The highest BCUT2D eigenvalue weighted by Crippen LogP contribution is 2.20. The molecule has 148 valence electrons. The van der Waals surface area contributed by atoms with Gasteiger partial charge in [-0.2, -0.15) is 0 Å². The maximum absolute atomic E-state index is 12.4. The molecule has 2 amide bonds. The third kappa shape index (κ3) is 6.34. The first-order valence-electron chi connectivity index (χ1n) is 7.93. The molecular weight excluding hydrogens is 348 g/mol. The summed E-state index contributed by atoms with van der Waals surface area (Å²) in [6.07, 6.45) is 0. The molecule has 0 aliphatic rings. The molecule has 0 radical (unpaired) electrons. The topological polar surface area (TPSA) is 148 Å². The minimum Gasteiger partial charge on any atom is -0.480 e. The number of amides is 2. The molecule has 0 unspecified atom stereocenters. The first kappa shape index (κ1) is 23.4. The van der Waals surface area contributed by atoms with E-state index < -0.39 is 53.6 Å². The first-order chi connectivity index (χ1) is 12.0. The third-order valence-electron chi connectivity index (χ3n) is 3.83. The molecule has 0 saturated heterocycles.